The van der Waals surface area contributed by atoms with E-state index in [0.29, 0.717) is 12.3 Å². The maximum atomic E-state index is 13.1. The number of nitrogens with zero attached hydrogens (tertiary/aromatic N) is 3. The summed E-state index contributed by atoms with van der Waals surface area (Å²) < 4.78 is 13.3. The summed E-state index contributed by atoms with van der Waals surface area (Å²) in [6.45, 7) is 8.28. The number of benzene rings is 3. The summed E-state index contributed by atoms with van der Waals surface area (Å²) in [7, 11) is 1.70. The van der Waals surface area contributed by atoms with Crippen LogP contribution in [0.1, 0.15) is 84.0 Å². The molecule has 1 fully saturated rings. The first-order chi connectivity index (χ1) is 21.7. The van der Waals surface area contributed by atoms with E-state index in [-0.39, 0.29) is 12.1 Å². The lowest BCUT2D eigenvalue weighted by Gasteiger charge is -2.34. The number of fused-ring (bicyclic) bond motifs is 1. The van der Waals surface area contributed by atoms with Crippen molar-refractivity contribution in [3.8, 4) is 16.9 Å². The average molecular weight is 611 g/mol. The number of carbonyl (C=O) groups excluding carboxylic acids is 2. The zero-order valence-corrected chi connectivity index (χ0v) is 27.3. The van der Waals surface area contributed by atoms with Crippen LogP contribution >= 0.6 is 0 Å². The molecule has 8 nitrogen and oxygen atoms in total. The van der Waals surface area contributed by atoms with Crippen molar-refractivity contribution in [2.75, 3.05) is 11.9 Å². The average Bonchev–Trinajstić information content (AvgIpc) is 3.36. The number of hydrogen-bond acceptors (Lipinski definition) is 5. The third-order valence-electron chi connectivity index (χ3n) is 8.29. The van der Waals surface area contributed by atoms with Crippen LogP contribution in [0.5, 0.6) is 5.75 Å². The summed E-state index contributed by atoms with van der Waals surface area (Å²) in [5, 5.41) is 2.87. The highest BCUT2D eigenvalue weighted by Gasteiger charge is 2.27. The molecule has 0 radical (unpaired) electrons. The Hall–Kier alpha value is -4.33. The topological polar surface area (TPSA) is 85.7 Å². The monoisotopic (exact) mass is 610 g/mol. The van der Waals surface area contributed by atoms with Gasteiger partial charge in [0.1, 0.15) is 17.2 Å². The van der Waals surface area contributed by atoms with Crippen LogP contribution in [0.3, 0.4) is 0 Å². The van der Waals surface area contributed by atoms with Crippen LogP contribution in [0.25, 0.3) is 22.2 Å². The lowest BCUT2D eigenvalue weighted by Crippen LogP contribution is -2.46. The van der Waals surface area contributed by atoms with Gasteiger partial charge in [-0.1, -0.05) is 75.1 Å². The zero-order chi connectivity index (χ0) is 32.0. The molecule has 4 aromatic rings. The van der Waals surface area contributed by atoms with E-state index >= 15 is 0 Å². The first-order valence-corrected chi connectivity index (χ1v) is 16.3. The van der Waals surface area contributed by atoms with Gasteiger partial charge in [0.25, 0.3) is 0 Å². The highest BCUT2D eigenvalue weighted by Crippen LogP contribution is 2.33. The molecule has 1 aliphatic carbocycles. The number of ether oxygens (including phenoxy) is 2. The van der Waals surface area contributed by atoms with Gasteiger partial charge < -0.3 is 19.4 Å². The summed E-state index contributed by atoms with van der Waals surface area (Å²) in [4.78, 5) is 32.5. The Bertz CT molecular complexity index is 1610. The van der Waals surface area contributed by atoms with Crippen LogP contribution in [0.15, 0.2) is 66.7 Å². The Labute approximate surface area is 266 Å². The van der Waals surface area contributed by atoms with Gasteiger partial charge in [-0.25, -0.2) is 14.6 Å². The molecule has 0 atom stereocenters. The summed E-state index contributed by atoms with van der Waals surface area (Å²) in [6.07, 6.45) is 7.85. The van der Waals surface area contributed by atoms with E-state index in [2.05, 4.69) is 53.2 Å². The number of imidazole rings is 1. The van der Waals surface area contributed by atoms with Crippen LogP contribution in [0.2, 0.25) is 0 Å². The van der Waals surface area contributed by atoms with Crippen molar-refractivity contribution in [2.24, 2.45) is 0 Å². The molecule has 0 unspecified atom stereocenters. The highest BCUT2D eigenvalue weighted by atomic mass is 16.7. The maximum Gasteiger partial charge on any atom is 0.514 e. The molecule has 1 N–H and O–H groups in total. The van der Waals surface area contributed by atoms with Crippen molar-refractivity contribution in [1.82, 2.24) is 14.9 Å². The molecule has 3 aromatic carbocycles. The Morgan fingerprint density at radius 2 is 1.73 bits per heavy atom. The first kappa shape index (κ1) is 32.1. The normalized spacial score (nSPS) is 13.9. The van der Waals surface area contributed by atoms with Crippen LogP contribution in [0, 0.1) is 0 Å². The van der Waals surface area contributed by atoms with E-state index in [9.17, 15) is 9.59 Å². The van der Waals surface area contributed by atoms with Crippen molar-refractivity contribution in [2.45, 2.75) is 97.2 Å². The molecule has 1 heterocycles. The highest BCUT2D eigenvalue weighted by molar-refractivity contribution is 5.95. The van der Waals surface area contributed by atoms with Gasteiger partial charge in [0.2, 0.25) is 0 Å². The van der Waals surface area contributed by atoms with Gasteiger partial charge in [0, 0.05) is 37.3 Å². The number of rotatable bonds is 9. The number of hydrogen-bond donors (Lipinski definition) is 1. The third-order valence-corrected chi connectivity index (χ3v) is 8.29. The van der Waals surface area contributed by atoms with Crippen LogP contribution in [0.4, 0.5) is 15.3 Å². The number of carbonyl (C=O) groups is 2. The molecule has 0 aliphatic heterocycles. The van der Waals surface area contributed by atoms with Gasteiger partial charge in [-0.15, -0.1) is 0 Å². The van der Waals surface area contributed by atoms with Crippen LogP contribution in [-0.2, 0) is 17.7 Å². The molecule has 1 saturated carbocycles. The minimum Gasteiger partial charge on any atom is -0.428 e. The number of urea groups is 1. The Kier molecular flexibility index (Phi) is 10.1. The molecule has 45 heavy (non-hydrogen) atoms. The molecule has 1 aliphatic rings. The molecule has 0 saturated heterocycles. The molecule has 1 aromatic heterocycles. The van der Waals surface area contributed by atoms with Crippen molar-refractivity contribution in [3.05, 3.63) is 78.1 Å². The van der Waals surface area contributed by atoms with Crippen LogP contribution < -0.4 is 15.0 Å². The summed E-state index contributed by atoms with van der Waals surface area (Å²) in [5.41, 5.74) is 5.12. The summed E-state index contributed by atoms with van der Waals surface area (Å²) >= 11 is 0. The Morgan fingerprint density at radius 1 is 1.00 bits per heavy atom. The maximum absolute atomic E-state index is 13.1. The third kappa shape index (κ3) is 7.85. The minimum absolute atomic E-state index is 0.0648. The summed E-state index contributed by atoms with van der Waals surface area (Å²) in [6, 6.07) is 22.2. The van der Waals surface area contributed by atoms with E-state index in [1.165, 1.54) is 6.42 Å². The standard InChI is InChI=1S/C37H46N4O4/c1-6-7-17-34-39-31-23-22-29(41(35(42)38-5)28-13-9-8-10-14-28)24-32(31)40(34)25-26-18-20-27(21-19-26)30-15-11-12-16-33(30)44-36(43)45-37(2,3)4/h11-12,15-16,18-24,28H,6-10,13-14,17,25H2,1-5H3,(H,38,42). The van der Waals surface area contributed by atoms with E-state index in [1.807, 2.05) is 49.9 Å². The number of anilines is 1. The second kappa shape index (κ2) is 14.2. The van der Waals surface area contributed by atoms with Gasteiger partial charge in [-0.05, 0) is 75.4 Å². The number of nitrogens with one attached hydrogen (secondary N) is 1. The van der Waals surface area contributed by atoms with Gasteiger partial charge in [0.15, 0.2) is 0 Å². The van der Waals surface area contributed by atoms with Crippen molar-refractivity contribution >= 4 is 28.9 Å². The molecule has 0 spiro atoms. The lowest BCUT2D eigenvalue weighted by molar-refractivity contribution is 0.0207. The predicted octanol–water partition coefficient (Wildman–Crippen LogP) is 8.89. The predicted molar refractivity (Wildman–Crippen MR) is 180 cm³/mol. The fraction of sp³-hybridized carbons (Fsp3) is 0.432. The zero-order valence-electron chi connectivity index (χ0n) is 27.3. The van der Waals surface area contributed by atoms with Crippen LogP contribution in [-0.4, -0.2) is 40.4 Å². The van der Waals surface area contributed by atoms with Gasteiger partial charge >= 0.3 is 12.2 Å². The van der Waals surface area contributed by atoms with E-state index < -0.39 is 11.8 Å². The fourth-order valence-corrected chi connectivity index (χ4v) is 6.09. The van der Waals surface area contributed by atoms with Crippen molar-refractivity contribution in [1.29, 1.82) is 0 Å². The molecular formula is C37H46N4O4. The largest absolute Gasteiger partial charge is 0.514 e. The van der Waals surface area contributed by atoms with Crippen molar-refractivity contribution in [3.63, 3.8) is 0 Å². The molecule has 0 bridgehead atoms. The number of aryl methyl sites for hydroxylation is 1. The smallest absolute Gasteiger partial charge is 0.428 e. The van der Waals surface area contributed by atoms with Crippen molar-refractivity contribution < 1.29 is 19.1 Å². The number of aromatic nitrogens is 2. The SMILES string of the molecule is CCCCc1nc2ccc(N(C(=O)NC)C3CCCCC3)cc2n1Cc1ccc(-c2ccccc2OC(=O)OC(C)(C)C)cc1. The molecule has 5 rings (SSSR count). The van der Waals surface area contributed by atoms with Gasteiger partial charge in [-0.2, -0.15) is 0 Å². The lowest BCUT2D eigenvalue weighted by atomic mass is 9.94. The molecule has 8 heteroatoms. The second-order valence-electron chi connectivity index (χ2n) is 12.9. The van der Waals surface area contributed by atoms with Gasteiger partial charge in [0.05, 0.1) is 11.0 Å². The number of para-hydroxylation sites is 1. The van der Waals surface area contributed by atoms with E-state index in [4.69, 9.17) is 14.5 Å². The molecular weight excluding hydrogens is 564 g/mol. The fourth-order valence-electron chi connectivity index (χ4n) is 6.09. The molecule has 2 amide bonds. The number of amides is 2. The minimum atomic E-state index is -0.726. The Morgan fingerprint density at radius 3 is 2.42 bits per heavy atom. The van der Waals surface area contributed by atoms with E-state index in [1.54, 1.807) is 13.1 Å². The quantitative estimate of drug-likeness (QED) is 0.151. The first-order valence-electron chi connectivity index (χ1n) is 16.3. The summed E-state index contributed by atoms with van der Waals surface area (Å²) in [5.74, 6) is 1.50. The number of unbranched alkanes of at least 4 members (excludes halogenated alkanes) is 1. The van der Waals surface area contributed by atoms with Gasteiger partial charge in [-0.3, -0.25) is 4.90 Å². The second-order valence-corrected chi connectivity index (χ2v) is 12.9. The Balaban J connectivity index is 1.45. The van der Waals surface area contributed by atoms with E-state index in [0.717, 1.165) is 84.2 Å². The molecule has 238 valence electrons.